The van der Waals surface area contributed by atoms with Crippen molar-refractivity contribution in [2.24, 2.45) is 0 Å². The number of nitrogens with zero attached hydrogens (tertiary/aromatic N) is 3. The average molecular weight is 353 g/mol. The van der Waals surface area contributed by atoms with E-state index >= 15 is 0 Å². The Labute approximate surface area is 129 Å². The van der Waals surface area contributed by atoms with E-state index in [1.54, 1.807) is 19.2 Å². The molecule has 110 valence electrons. The number of nitrogens with one attached hydrogen (secondary N) is 1. The summed E-state index contributed by atoms with van der Waals surface area (Å²) in [5.41, 5.74) is -0.132. The van der Waals surface area contributed by atoms with Gasteiger partial charge in [0.25, 0.3) is 0 Å². The van der Waals surface area contributed by atoms with Gasteiger partial charge in [0.1, 0.15) is 11.6 Å². The summed E-state index contributed by atoms with van der Waals surface area (Å²) in [6.45, 7) is 1.92. The van der Waals surface area contributed by atoms with Gasteiger partial charge in [0.2, 0.25) is 11.6 Å². The van der Waals surface area contributed by atoms with Crippen LogP contribution in [0.3, 0.4) is 0 Å². The fraction of sp³-hybridized carbons (Fsp3) is 0.231. The molecule has 0 unspecified atom stereocenters. The molecule has 0 saturated carbocycles. The van der Waals surface area contributed by atoms with Crippen LogP contribution in [-0.4, -0.2) is 21.9 Å². The van der Waals surface area contributed by atoms with Crippen molar-refractivity contribution in [3.8, 4) is 11.6 Å². The standard InChI is InChI=1S/C13H13BrN4O3/c1-3-11-16-12(15-2)7-13(17-11)21-10-5-4-8(14)6-9(10)18(19)20/h4-7H,3H2,1-2H3,(H,15,16,17). The summed E-state index contributed by atoms with van der Waals surface area (Å²) in [6.07, 6.45) is 0.633. The summed E-state index contributed by atoms with van der Waals surface area (Å²) in [4.78, 5) is 19.0. The van der Waals surface area contributed by atoms with Crippen molar-refractivity contribution in [3.05, 3.63) is 44.7 Å². The van der Waals surface area contributed by atoms with Crippen molar-refractivity contribution in [2.45, 2.75) is 13.3 Å². The maximum absolute atomic E-state index is 11.1. The summed E-state index contributed by atoms with van der Waals surface area (Å²) < 4.78 is 6.16. The number of hydrogen-bond donors (Lipinski definition) is 1. The molecular weight excluding hydrogens is 340 g/mol. The number of anilines is 1. The molecule has 21 heavy (non-hydrogen) atoms. The van der Waals surface area contributed by atoms with Crippen LogP contribution in [0.4, 0.5) is 11.5 Å². The number of nitro groups is 1. The van der Waals surface area contributed by atoms with E-state index in [-0.39, 0.29) is 17.3 Å². The zero-order valence-electron chi connectivity index (χ0n) is 11.5. The Morgan fingerprint density at radius 1 is 1.38 bits per heavy atom. The van der Waals surface area contributed by atoms with E-state index in [9.17, 15) is 10.1 Å². The third kappa shape index (κ3) is 3.66. The van der Waals surface area contributed by atoms with Gasteiger partial charge in [-0.05, 0) is 12.1 Å². The van der Waals surface area contributed by atoms with Crippen LogP contribution >= 0.6 is 15.9 Å². The molecule has 0 aliphatic carbocycles. The van der Waals surface area contributed by atoms with Crippen molar-refractivity contribution < 1.29 is 9.66 Å². The lowest BCUT2D eigenvalue weighted by molar-refractivity contribution is -0.385. The molecule has 0 radical (unpaired) electrons. The van der Waals surface area contributed by atoms with Gasteiger partial charge in [0.05, 0.1) is 4.92 Å². The molecule has 1 heterocycles. The Hall–Kier alpha value is -2.22. The van der Waals surface area contributed by atoms with Crippen LogP contribution < -0.4 is 10.1 Å². The number of aromatic nitrogens is 2. The zero-order chi connectivity index (χ0) is 15.4. The first-order chi connectivity index (χ1) is 10.0. The predicted molar refractivity (Wildman–Crippen MR) is 81.8 cm³/mol. The van der Waals surface area contributed by atoms with Gasteiger partial charge in [-0.1, -0.05) is 22.9 Å². The van der Waals surface area contributed by atoms with Gasteiger partial charge in [-0.3, -0.25) is 10.1 Å². The lowest BCUT2D eigenvalue weighted by Crippen LogP contribution is -2.02. The lowest BCUT2D eigenvalue weighted by Gasteiger charge is -2.08. The van der Waals surface area contributed by atoms with Gasteiger partial charge in [-0.2, -0.15) is 4.98 Å². The van der Waals surface area contributed by atoms with E-state index in [2.05, 4.69) is 31.2 Å². The third-order valence-corrected chi connectivity index (χ3v) is 3.15. The fourth-order valence-corrected chi connectivity index (χ4v) is 1.99. The molecule has 7 nitrogen and oxygen atoms in total. The second-order valence-electron chi connectivity index (χ2n) is 4.08. The number of rotatable bonds is 5. The average Bonchev–Trinajstić information content (AvgIpc) is 2.48. The molecule has 0 aliphatic rings. The van der Waals surface area contributed by atoms with Crippen LogP contribution in [0.1, 0.15) is 12.7 Å². The molecule has 1 aromatic carbocycles. The molecular formula is C13H13BrN4O3. The highest BCUT2D eigenvalue weighted by Crippen LogP contribution is 2.33. The molecule has 0 saturated heterocycles. The van der Waals surface area contributed by atoms with E-state index < -0.39 is 4.92 Å². The molecule has 0 aliphatic heterocycles. The first kappa shape index (κ1) is 15.2. The van der Waals surface area contributed by atoms with Crippen LogP contribution in [0, 0.1) is 10.1 Å². The number of hydrogen-bond acceptors (Lipinski definition) is 6. The number of ether oxygens (including phenoxy) is 1. The topological polar surface area (TPSA) is 90.2 Å². The van der Waals surface area contributed by atoms with Gasteiger partial charge < -0.3 is 10.1 Å². The van der Waals surface area contributed by atoms with Gasteiger partial charge in [0, 0.05) is 30.1 Å². The lowest BCUT2D eigenvalue weighted by atomic mass is 10.3. The first-order valence-corrected chi connectivity index (χ1v) is 7.00. The molecule has 0 amide bonds. The molecule has 2 aromatic rings. The molecule has 0 fully saturated rings. The Kier molecular flexibility index (Phi) is 4.69. The summed E-state index contributed by atoms with van der Waals surface area (Å²) in [5, 5.41) is 14.0. The van der Waals surface area contributed by atoms with E-state index in [1.165, 1.54) is 12.1 Å². The number of halogens is 1. The van der Waals surface area contributed by atoms with E-state index in [0.29, 0.717) is 22.5 Å². The van der Waals surface area contributed by atoms with Crippen molar-refractivity contribution in [2.75, 3.05) is 12.4 Å². The first-order valence-electron chi connectivity index (χ1n) is 6.21. The van der Waals surface area contributed by atoms with Crippen molar-refractivity contribution >= 4 is 27.4 Å². The van der Waals surface area contributed by atoms with E-state index in [1.807, 2.05) is 6.92 Å². The molecule has 8 heteroatoms. The smallest absolute Gasteiger partial charge is 0.312 e. The minimum absolute atomic E-state index is 0.131. The van der Waals surface area contributed by atoms with Gasteiger partial charge in [-0.25, -0.2) is 4.98 Å². The molecule has 0 bridgehead atoms. The SMILES string of the molecule is CCc1nc(NC)cc(Oc2ccc(Br)cc2[N+](=O)[O-])n1. The maximum Gasteiger partial charge on any atom is 0.312 e. The summed E-state index contributed by atoms with van der Waals surface area (Å²) in [5.74, 6) is 1.58. The summed E-state index contributed by atoms with van der Waals surface area (Å²) in [6, 6.07) is 6.17. The largest absolute Gasteiger partial charge is 0.432 e. The molecule has 1 N–H and O–H groups in total. The van der Waals surface area contributed by atoms with Gasteiger partial charge in [0.15, 0.2) is 0 Å². The summed E-state index contributed by atoms with van der Waals surface area (Å²) >= 11 is 3.20. The zero-order valence-corrected chi connectivity index (χ0v) is 13.0. The Balaban J connectivity index is 2.40. The predicted octanol–water partition coefficient (Wildman–Crippen LogP) is 3.54. The van der Waals surface area contributed by atoms with E-state index in [4.69, 9.17) is 4.74 Å². The van der Waals surface area contributed by atoms with Crippen LogP contribution in [-0.2, 0) is 6.42 Å². The Bertz CT molecular complexity index is 656. The van der Waals surface area contributed by atoms with Crippen molar-refractivity contribution in [1.82, 2.24) is 9.97 Å². The number of benzene rings is 1. The molecule has 0 spiro atoms. The number of aryl methyl sites for hydroxylation is 1. The maximum atomic E-state index is 11.1. The van der Waals surface area contributed by atoms with Crippen molar-refractivity contribution in [3.63, 3.8) is 0 Å². The molecule has 1 aromatic heterocycles. The third-order valence-electron chi connectivity index (χ3n) is 2.65. The highest BCUT2D eigenvalue weighted by atomic mass is 79.9. The number of nitro benzene ring substituents is 1. The van der Waals surface area contributed by atoms with Crippen LogP contribution in [0.15, 0.2) is 28.7 Å². The van der Waals surface area contributed by atoms with Gasteiger partial charge >= 0.3 is 5.69 Å². The van der Waals surface area contributed by atoms with Crippen LogP contribution in [0.25, 0.3) is 0 Å². The normalized spacial score (nSPS) is 10.2. The molecule has 0 atom stereocenters. The fourth-order valence-electron chi connectivity index (χ4n) is 1.64. The highest BCUT2D eigenvalue weighted by molar-refractivity contribution is 9.10. The van der Waals surface area contributed by atoms with Crippen LogP contribution in [0.2, 0.25) is 0 Å². The second kappa shape index (κ2) is 6.49. The molecule has 2 rings (SSSR count). The van der Waals surface area contributed by atoms with Crippen LogP contribution in [0.5, 0.6) is 11.6 Å². The van der Waals surface area contributed by atoms with Gasteiger partial charge in [-0.15, -0.1) is 0 Å². The second-order valence-corrected chi connectivity index (χ2v) is 5.00. The summed E-state index contributed by atoms with van der Waals surface area (Å²) in [7, 11) is 1.73. The quantitative estimate of drug-likeness (QED) is 0.653. The monoisotopic (exact) mass is 352 g/mol. The Morgan fingerprint density at radius 3 is 2.76 bits per heavy atom. The minimum atomic E-state index is -0.499. The van der Waals surface area contributed by atoms with Crippen molar-refractivity contribution in [1.29, 1.82) is 0 Å². The minimum Gasteiger partial charge on any atom is -0.432 e. The Morgan fingerprint density at radius 2 is 2.14 bits per heavy atom. The highest BCUT2D eigenvalue weighted by Gasteiger charge is 2.17. The van der Waals surface area contributed by atoms with E-state index in [0.717, 1.165) is 0 Å².